The van der Waals surface area contributed by atoms with Crippen molar-refractivity contribution < 1.29 is 20.1 Å². The van der Waals surface area contributed by atoms with Crippen molar-refractivity contribution in [3.05, 3.63) is 0 Å². The Balaban J connectivity index is 0. The van der Waals surface area contributed by atoms with Gasteiger partial charge in [0.1, 0.15) is 11.9 Å². The fraction of sp³-hybridized carbons (Fsp3) is 0.938. The summed E-state index contributed by atoms with van der Waals surface area (Å²) >= 11 is 0. The van der Waals surface area contributed by atoms with E-state index in [9.17, 15) is 4.79 Å². The Labute approximate surface area is 124 Å². The predicted molar refractivity (Wildman–Crippen MR) is 82.7 cm³/mol. The Hall–Kier alpha value is -0.450. The Morgan fingerprint density at radius 1 is 0.800 bits per heavy atom. The molecule has 0 unspecified atom stereocenters. The molecule has 20 heavy (non-hydrogen) atoms. The second-order valence-corrected chi connectivity index (χ2v) is 5.18. The summed E-state index contributed by atoms with van der Waals surface area (Å²) < 4.78 is 0. The molecule has 0 bridgehead atoms. The van der Waals surface area contributed by atoms with E-state index in [0.29, 0.717) is 5.78 Å². The zero-order valence-electron chi connectivity index (χ0n) is 13.3. The van der Waals surface area contributed by atoms with Crippen molar-refractivity contribution in [3.63, 3.8) is 0 Å². The number of rotatable bonds is 12. The van der Waals surface area contributed by atoms with Crippen LogP contribution in [0.25, 0.3) is 0 Å². The van der Waals surface area contributed by atoms with Gasteiger partial charge in [0.2, 0.25) is 0 Å². The van der Waals surface area contributed by atoms with Gasteiger partial charge in [-0.3, -0.25) is 4.79 Å². The second kappa shape index (κ2) is 18.6. The molecule has 3 N–H and O–H groups in total. The molecule has 4 nitrogen and oxygen atoms in total. The molecule has 0 radical (unpaired) electrons. The Morgan fingerprint density at radius 2 is 1.20 bits per heavy atom. The van der Waals surface area contributed by atoms with Crippen LogP contribution in [-0.2, 0) is 4.79 Å². The zero-order chi connectivity index (χ0) is 15.6. The largest absolute Gasteiger partial charge is 0.394 e. The lowest BCUT2D eigenvalue weighted by Crippen LogP contribution is -2.15. The highest BCUT2D eigenvalue weighted by Gasteiger charge is 2.00. The van der Waals surface area contributed by atoms with Gasteiger partial charge in [0, 0.05) is 12.8 Å². The molecule has 0 rings (SSSR count). The van der Waals surface area contributed by atoms with Gasteiger partial charge in [0.05, 0.1) is 13.2 Å². The van der Waals surface area contributed by atoms with Gasteiger partial charge in [-0.15, -0.1) is 0 Å². The maximum Gasteiger partial charge on any atom is 0.132 e. The van der Waals surface area contributed by atoms with Gasteiger partial charge in [0.25, 0.3) is 0 Å². The molecule has 0 aromatic heterocycles. The van der Waals surface area contributed by atoms with Crippen LogP contribution in [0.4, 0.5) is 0 Å². The summed E-state index contributed by atoms with van der Waals surface area (Å²) in [6, 6.07) is 0. The molecule has 0 aliphatic carbocycles. The van der Waals surface area contributed by atoms with Crippen LogP contribution in [0.5, 0.6) is 0 Å². The zero-order valence-corrected chi connectivity index (χ0v) is 13.3. The number of carbonyl (C=O) groups is 1. The van der Waals surface area contributed by atoms with Gasteiger partial charge in [-0.25, -0.2) is 0 Å². The number of Topliss-reactive ketones (excluding diaryl/α,β-unsaturated/α-hetero) is 1. The molecule has 0 spiro atoms. The highest BCUT2D eigenvalue weighted by Crippen LogP contribution is 2.08. The summed E-state index contributed by atoms with van der Waals surface area (Å²) in [6.45, 7) is 3.67. The highest BCUT2D eigenvalue weighted by molar-refractivity contribution is 5.78. The SMILES string of the molecule is CCCCCCC(=O)CCCCCC.OCC(O)CO. The van der Waals surface area contributed by atoms with E-state index in [4.69, 9.17) is 15.3 Å². The van der Waals surface area contributed by atoms with Crippen LogP contribution in [0, 0.1) is 0 Å². The molecular formula is C16H34O4. The van der Waals surface area contributed by atoms with Crippen molar-refractivity contribution in [1.82, 2.24) is 0 Å². The molecule has 0 aromatic rings. The molecule has 4 heteroatoms. The summed E-state index contributed by atoms with van der Waals surface area (Å²) in [6.07, 6.45) is 10.5. The van der Waals surface area contributed by atoms with Crippen LogP contribution >= 0.6 is 0 Å². The van der Waals surface area contributed by atoms with Crippen LogP contribution in [0.1, 0.15) is 78.1 Å². The average Bonchev–Trinajstić information content (AvgIpc) is 2.48. The van der Waals surface area contributed by atoms with Gasteiger partial charge < -0.3 is 15.3 Å². The molecule has 0 aromatic carbocycles. The molecule has 0 amide bonds. The van der Waals surface area contributed by atoms with Crippen molar-refractivity contribution in [2.45, 2.75) is 84.2 Å². The number of ketones is 1. The quantitative estimate of drug-likeness (QED) is 0.483. The first kappa shape index (κ1) is 21.8. The van der Waals surface area contributed by atoms with Crippen LogP contribution in [-0.4, -0.2) is 40.4 Å². The first-order valence-corrected chi connectivity index (χ1v) is 8.03. The number of carbonyl (C=O) groups excluding carboxylic acids is 1. The van der Waals surface area contributed by atoms with Crippen molar-refractivity contribution >= 4 is 5.78 Å². The van der Waals surface area contributed by atoms with E-state index in [1.807, 2.05) is 0 Å². The summed E-state index contributed by atoms with van der Waals surface area (Å²) in [5, 5.41) is 24.0. The molecule has 0 aliphatic rings. The summed E-state index contributed by atoms with van der Waals surface area (Å²) in [4.78, 5) is 11.4. The Morgan fingerprint density at radius 3 is 1.45 bits per heavy atom. The van der Waals surface area contributed by atoms with Gasteiger partial charge >= 0.3 is 0 Å². The van der Waals surface area contributed by atoms with E-state index < -0.39 is 6.10 Å². The van der Waals surface area contributed by atoms with E-state index >= 15 is 0 Å². The van der Waals surface area contributed by atoms with E-state index in [1.165, 1.54) is 38.5 Å². The molecule has 0 fully saturated rings. The topological polar surface area (TPSA) is 77.8 Å². The maximum absolute atomic E-state index is 11.4. The second-order valence-electron chi connectivity index (χ2n) is 5.18. The maximum atomic E-state index is 11.4. The first-order chi connectivity index (χ1) is 9.62. The minimum absolute atomic E-state index is 0.365. The molecular weight excluding hydrogens is 256 g/mol. The summed E-state index contributed by atoms with van der Waals surface area (Å²) in [5.74, 6) is 0.484. The fourth-order valence-corrected chi connectivity index (χ4v) is 1.68. The monoisotopic (exact) mass is 290 g/mol. The van der Waals surface area contributed by atoms with Crippen LogP contribution in [0.2, 0.25) is 0 Å². The lowest BCUT2D eigenvalue weighted by atomic mass is 10.0. The Bertz CT molecular complexity index is 177. The number of unbranched alkanes of at least 4 members (excludes halogenated alkanes) is 6. The molecule has 0 saturated heterocycles. The van der Waals surface area contributed by atoms with Gasteiger partial charge in [-0.2, -0.15) is 0 Å². The lowest BCUT2D eigenvalue weighted by Gasteiger charge is -2.00. The van der Waals surface area contributed by atoms with E-state index in [0.717, 1.165) is 25.7 Å². The van der Waals surface area contributed by atoms with E-state index in [-0.39, 0.29) is 13.2 Å². The third-order valence-corrected chi connectivity index (χ3v) is 3.04. The third-order valence-electron chi connectivity index (χ3n) is 3.04. The summed E-state index contributed by atoms with van der Waals surface area (Å²) in [7, 11) is 0. The smallest absolute Gasteiger partial charge is 0.132 e. The van der Waals surface area contributed by atoms with Gasteiger partial charge in [-0.05, 0) is 12.8 Å². The lowest BCUT2D eigenvalue weighted by molar-refractivity contribution is -0.119. The number of hydrogen-bond donors (Lipinski definition) is 3. The van der Waals surface area contributed by atoms with Crippen LogP contribution in [0.15, 0.2) is 0 Å². The molecule has 0 saturated carbocycles. The van der Waals surface area contributed by atoms with Crippen LogP contribution < -0.4 is 0 Å². The van der Waals surface area contributed by atoms with Gasteiger partial charge in [0.15, 0.2) is 0 Å². The predicted octanol–water partition coefficient (Wildman–Crippen LogP) is 2.83. The van der Waals surface area contributed by atoms with Crippen molar-refractivity contribution in [2.75, 3.05) is 13.2 Å². The van der Waals surface area contributed by atoms with E-state index in [2.05, 4.69) is 13.8 Å². The fourth-order valence-electron chi connectivity index (χ4n) is 1.68. The van der Waals surface area contributed by atoms with E-state index in [1.54, 1.807) is 0 Å². The van der Waals surface area contributed by atoms with Crippen molar-refractivity contribution in [2.24, 2.45) is 0 Å². The molecule has 122 valence electrons. The minimum Gasteiger partial charge on any atom is -0.394 e. The number of aliphatic hydroxyl groups excluding tert-OH is 3. The third kappa shape index (κ3) is 19.9. The van der Waals surface area contributed by atoms with Crippen molar-refractivity contribution in [1.29, 1.82) is 0 Å². The van der Waals surface area contributed by atoms with Gasteiger partial charge in [-0.1, -0.05) is 52.4 Å². The first-order valence-electron chi connectivity index (χ1n) is 8.03. The van der Waals surface area contributed by atoms with Crippen molar-refractivity contribution in [3.8, 4) is 0 Å². The molecule has 0 atom stereocenters. The van der Waals surface area contributed by atoms with Crippen LogP contribution in [0.3, 0.4) is 0 Å². The standard InChI is InChI=1S/C13H26O.C3H8O3/c1-3-5-7-9-11-13(14)12-10-8-6-4-2;4-1-3(6)2-5/h3-12H2,1-2H3;3-6H,1-2H2. The summed E-state index contributed by atoms with van der Waals surface area (Å²) in [5.41, 5.74) is 0. The highest BCUT2D eigenvalue weighted by atomic mass is 16.3. The Kier molecular flexibility index (Phi) is 20.3. The minimum atomic E-state index is -0.954. The molecule has 0 heterocycles. The molecule has 0 aliphatic heterocycles. The normalized spacial score (nSPS) is 10.3. The number of hydrogen-bond acceptors (Lipinski definition) is 4. The number of aliphatic hydroxyl groups is 3. The average molecular weight is 290 g/mol.